The number of carbonyl (C=O) groups excluding carboxylic acids is 1. The van der Waals surface area contributed by atoms with Crippen LogP contribution in [0.25, 0.3) is 0 Å². The van der Waals surface area contributed by atoms with Crippen molar-refractivity contribution in [3.63, 3.8) is 0 Å². The number of carbonyl (C=O) groups is 1. The Morgan fingerprint density at radius 1 is 1.73 bits per heavy atom. The van der Waals surface area contributed by atoms with Gasteiger partial charge in [0.15, 0.2) is 0 Å². The van der Waals surface area contributed by atoms with E-state index < -0.39 is 12.3 Å². The van der Waals surface area contributed by atoms with Gasteiger partial charge < -0.3 is 9.84 Å². The molecule has 1 atom stereocenters. The Hall–Kier alpha value is 0.170. The maximum absolute atomic E-state index is 10.6. The van der Waals surface area contributed by atoms with Gasteiger partial charge in [-0.1, -0.05) is 13.5 Å². The number of ether oxygens (including phenoxy) is 1. The maximum atomic E-state index is 10.6. The normalized spacial score (nSPS) is 11.2. The average Bonchev–Trinajstić information content (AvgIpc) is 1.87. The molecule has 0 saturated carbocycles. The molecule has 3 nitrogen and oxygen atoms in total. The van der Waals surface area contributed by atoms with E-state index in [1.165, 1.54) is 6.92 Å². The third-order valence-electron chi connectivity index (χ3n) is 0.941. The molecule has 11 heavy (non-hydrogen) atoms. The Labute approximate surface area is 88.7 Å². The SMILES string of the molecule is C=C(C)C(=O)OC(O)CC.[NaH]. The van der Waals surface area contributed by atoms with E-state index in [1.807, 2.05) is 0 Å². The van der Waals surface area contributed by atoms with Gasteiger partial charge in [0.05, 0.1) is 0 Å². The number of aliphatic hydroxyl groups is 1. The van der Waals surface area contributed by atoms with E-state index in [1.54, 1.807) is 6.92 Å². The van der Waals surface area contributed by atoms with Crippen molar-refractivity contribution in [3.8, 4) is 0 Å². The van der Waals surface area contributed by atoms with Gasteiger partial charge in [-0.15, -0.1) is 0 Å². The molecular formula is C7H13NaO3. The van der Waals surface area contributed by atoms with Crippen LogP contribution >= 0.6 is 0 Å². The molecule has 0 rings (SSSR count). The van der Waals surface area contributed by atoms with E-state index in [-0.39, 0.29) is 29.6 Å². The quantitative estimate of drug-likeness (QED) is 0.283. The van der Waals surface area contributed by atoms with Crippen LogP contribution < -0.4 is 0 Å². The molecule has 60 valence electrons. The fourth-order valence-electron chi connectivity index (χ4n) is 0.307. The summed E-state index contributed by atoms with van der Waals surface area (Å²) in [6.07, 6.45) is -0.594. The summed E-state index contributed by atoms with van der Waals surface area (Å²) >= 11 is 0. The van der Waals surface area contributed by atoms with E-state index in [4.69, 9.17) is 5.11 Å². The molecule has 0 aromatic heterocycles. The standard InChI is InChI=1S/C7H12O3.Na.H/c1-4-6(8)10-7(9)5(2)3;;/h6,8H,2,4H2,1,3H3;;. The first-order valence-corrected chi connectivity index (χ1v) is 3.12. The van der Waals surface area contributed by atoms with E-state index in [0.29, 0.717) is 12.0 Å². The van der Waals surface area contributed by atoms with Crippen molar-refractivity contribution in [3.05, 3.63) is 12.2 Å². The molecule has 0 bridgehead atoms. The summed E-state index contributed by atoms with van der Waals surface area (Å²) in [7, 11) is 0. The van der Waals surface area contributed by atoms with Gasteiger partial charge in [-0.25, -0.2) is 4.79 Å². The first-order valence-electron chi connectivity index (χ1n) is 3.12. The van der Waals surface area contributed by atoms with Gasteiger partial charge in [0, 0.05) is 12.0 Å². The van der Waals surface area contributed by atoms with Crippen molar-refractivity contribution >= 4 is 35.5 Å². The number of aliphatic hydroxyl groups excluding tert-OH is 1. The van der Waals surface area contributed by atoms with Crippen LogP contribution in [0.2, 0.25) is 0 Å². The fourth-order valence-corrected chi connectivity index (χ4v) is 0.307. The third kappa shape index (κ3) is 6.56. The summed E-state index contributed by atoms with van der Waals surface area (Å²) < 4.78 is 4.48. The molecule has 0 amide bonds. The molecule has 0 aliphatic rings. The van der Waals surface area contributed by atoms with Crippen molar-refractivity contribution < 1.29 is 14.6 Å². The number of hydrogen-bond donors (Lipinski definition) is 1. The minimum absolute atomic E-state index is 0. The van der Waals surface area contributed by atoms with E-state index in [0.717, 1.165) is 0 Å². The Balaban J connectivity index is 0. The summed E-state index contributed by atoms with van der Waals surface area (Å²) in [5.74, 6) is -0.547. The predicted molar refractivity (Wildman–Crippen MR) is 44.4 cm³/mol. The fraction of sp³-hybridized carbons (Fsp3) is 0.571. The molecule has 1 N–H and O–H groups in total. The monoisotopic (exact) mass is 168 g/mol. The number of hydrogen-bond acceptors (Lipinski definition) is 3. The Morgan fingerprint density at radius 2 is 2.18 bits per heavy atom. The Bertz CT molecular complexity index is 145. The van der Waals surface area contributed by atoms with Crippen molar-refractivity contribution in [1.29, 1.82) is 0 Å². The molecule has 0 heterocycles. The minimum atomic E-state index is -0.996. The number of rotatable bonds is 3. The third-order valence-corrected chi connectivity index (χ3v) is 0.941. The van der Waals surface area contributed by atoms with Gasteiger partial charge >= 0.3 is 35.5 Å². The first-order chi connectivity index (χ1) is 4.57. The average molecular weight is 168 g/mol. The zero-order valence-electron chi connectivity index (χ0n) is 6.26. The van der Waals surface area contributed by atoms with Gasteiger partial charge in [-0.3, -0.25) is 0 Å². The van der Waals surface area contributed by atoms with Gasteiger partial charge in [0.25, 0.3) is 0 Å². The molecular weight excluding hydrogens is 155 g/mol. The van der Waals surface area contributed by atoms with Crippen LogP contribution in [0.1, 0.15) is 20.3 Å². The van der Waals surface area contributed by atoms with Crippen molar-refractivity contribution in [2.24, 2.45) is 0 Å². The molecule has 0 fully saturated rings. The van der Waals surface area contributed by atoms with Crippen molar-refractivity contribution in [2.45, 2.75) is 26.6 Å². The summed E-state index contributed by atoms with van der Waals surface area (Å²) in [4.78, 5) is 10.6. The summed E-state index contributed by atoms with van der Waals surface area (Å²) in [6.45, 7) is 6.61. The van der Waals surface area contributed by atoms with E-state index >= 15 is 0 Å². The van der Waals surface area contributed by atoms with Crippen molar-refractivity contribution in [1.82, 2.24) is 0 Å². The van der Waals surface area contributed by atoms with Gasteiger partial charge in [-0.2, -0.15) is 0 Å². The van der Waals surface area contributed by atoms with Gasteiger partial charge in [-0.05, 0) is 6.92 Å². The molecule has 0 aliphatic heterocycles. The Morgan fingerprint density at radius 3 is 2.45 bits per heavy atom. The van der Waals surface area contributed by atoms with E-state index in [9.17, 15) is 4.79 Å². The number of esters is 1. The topological polar surface area (TPSA) is 46.5 Å². The van der Waals surface area contributed by atoms with E-state index in [2.05, 4.69) is 11.3 Å². The second kappa shape index (κ2) is 6.85. The molecule has 1 unspecified atom stereocenters. The molecule has 0 spiro atoms. The van der Waals surface area contributed by atoms with Crippen LogP contribution in [0, 0.1) is 0 Å². The van der Waals surface area contributed by atoms with Gasteiger partial charge in [0.2, 0.25) is 6.29 Å². The molecule has 0 aromatic rings. The summed E-state index contributed by atoms with van der Waals surface area (Å²) in [5.41, 5.74) is 0.299. The second-order valence-corrected chi connectivity index (χ2v) is 2.05. The Kier molecular flexibility index (Phi) is 8.56. The molecule has 0 radical (unpaired) electrons. The van der Waals surface area contributed by atoms with Crippen LogP contribution in [-0.2, 0) is 9.53 Å². The molecule has 4 heteroatoms. The van der Waals surface area contributed by atoms with Crippen LogP contribution in [0.4, 0.5) is 0 Å². The molecule has 0 aliphatic carbocycles. The van der Waals surface area contributed by atoms with Gasteiger partial charge in [0.1, 0.15) is 0 Å². The summed E-state index contributed by atoms with van der Waals surface area (Å²) in [5, 5.41) is 8.79. The van der Waals surface area contributed by atoms with Crippen LogP contribution in [-0.4, -0.2) is 46.9 Å². The second-order valence-electron chi connectivity index (χ2n) is 2.05. The van der Waals surface area contributed by atoms with Crippen LogP contribution in [0.3, 0.4) is 0 Å². The summed E-state index contributed by atoms with van der Waals surface area (Å²) in [6, 6.07) is 0. The zero-order valence-corrected chi connectivity index (χ0v) is 6.26. The molecule has 0 saturated heterocycles. The predicted octanol–water partition coefficient (Wildman–Crippen LogP) is 0.186. The van der Waals surface area contributed by atoms with Crippen LogP contribution in [0.15, 0.2) is 12.2 Å². The zero-order chi connectivity index (χ0) is 8.15. The molecule has 0 aromatic carbocycles. The van der Waals surface area contributed by atoms with Crippen molar-refractivity contribution in [2.75, 3.05) is 0 Å². The van der Waals surface area contributed by atoms with Crippen LogP contribution in [0.5, 0.6) is 0 Å². The first kappa shape index (κ1) is 13.7.